The minimum Gasteiger partial charge on any atom is -0.480 e. The number of carboxylic acid groups (broad SMARTS) is 1. The summed E-state index contributed by atoms with van der Waals surface area (Å²) < 4.78 is 0. The van der Waals surface area contributed by atoms with Crippen LogP contribution in [-0.2, 0) is 4.79 Å². The number of hydrogen-bond donors (Lipinski definition) is 2. The molecule has 1 heterocycles. The summed E-state index contributed by atoms with van der Waals surface area (Å²) in [5, 5.41) is 8.78. The molecule has 0 bridgehead atoms. The summed E-state index contributed by atoms with van der Waals surface area (Å²) >= 11 is 0. The van der Waals surface area contributed by atoms with Gasteiger partial charge in [0.2, 0.25) is 0 Å². The van der Waals surface area contributed by atoms with E-state index in [-0.39, 0.29) is 0 Å². The molecule has 0 radical (unpaired) electrons. The Morgan fingerprint density at radius 2 is 2.05 bits per heavy atom. The highest BCUT2D eigenvalue weighted by Crippen LogP contribution is 2.53. The zero-order chi connectivity index (χ0) is 13.9. The van der Waals surface area contributed by atoms with Gasteiger partial charge < -0.3 is 15.7 Å². The molecular weight excluding hydrogens is 240 g/mol. The number of hydrogen-bond acceptors (Lipinski definition) is 3. The monoisotopic (exact) mass is 268 g/mol. The predicted molar refractivity (Wildman–Crippen MR) is 76.0 cm³/mol. The molecule has 1 atom stereocenters. The van der Waals surface area contributed by atoms with Crippen LogP contribution in [-0.4, -0.2) is 41.7 Å². The predicted octanol–water partition coefficient (Wildman–Crippen LogP) is 2.08. The summed E-state index contributed by atoms with van der Waals surface area (Å²) in [6.45, 7) is 5.37. The van der Waals surface area contributed by atoms with Gasteiger partial charge in [-0.15, -0.1) is 0 Å². The van der Waals surface area contributed by atoms with E-state index in [1.54, 1.807) is 0 Å². The number of aliphatic carboxylic acids is 1. The Bertz CT molecular complexity index is 303. The lowest BCUT2D eigenvalue weighted by molar-refractivity contribution is -0.138. The molecule has 3 N–H and O–H groups in total. The molecule has 19 heavy (non-hydrogen) atoms. The molecule has 0 aromatic rings. The zero-order valence-electron chi connectivity index (χ0n) is 12.1. The molecule has 0 aromatic carbocycles. The van der Waals surface area contributed by atoms with Crippen molar-refractivity contribution in [3.63, 3.8) is 0 Å². The SMILES string of the molecule is CCCC1CC2(CCN(CCC(N)C(=O)O)CC2)C1. The Balaban J connectivity index is 1.65. The number of likely N-dealkylation sites (tertiary alicyclic amines) is 1. The molecule has 0 aromatic heterocycles. The number of nitrogens with zero attached hydrogens (tertiary/aromatic N) is 1. The number of carbonyl (C=O) groups is 1. The second-order valence-corrected chi connectivity index (χ2v) is 6.64. The molecule has 1 aliphatic carbocycles. The van der Waals surface area contributed by atoms with Crippen molar-refractivity contribution in [1.82, 2.24) is 4.90 Å². The van der Waals surface area contributed by atoms with E-state index in [0.29, 0.717) is 11.8 Å². The molecular formula is C15H28N2O2. The number of carboxylic acids is 1. The van der Waals surface area contributed by atoms with E-state index in [2.05, 4.69) is 11.8 Å². The fraction of sp³-hybridized carbons (Fsp3) is 0.933. The van der Waals surface area contributed by atoms with Gasteiger partial charge in [-0.2, -0.15) is 0 Å². The topological polar surface area (TPSA) is 66.6 Å². The molecule has 1 saturated heterocycles. The van der Waals surface area contributed by atoms with Gasteiger partial charge in [0.1, 0.15) is 6.04 Å². The van der Waals surface area contributed by atoms with Crippen molar-refractivity contribution >= 4 is 5.97 Å². The molecule has 2 fully saturated rings. The van der Waals surface area contributed by atoms with E-state index in [9.17, 15) is 4.79 Å². The highest BCUT2D eigenvalue weighted by atomic mass is 16.4. The van der Waals surface area contributed by atoms with Crippen LogP contribution in [0, 0.1) is 11.3 Å². The van der Waals surface area contributed by atoms with Crippen molar-refractivity contribution in [1.29, 1.82) is 0 Å². The van der Waals surface area contributed by atoms with Crippen LogP contribution in [0.1, 0.15) is 51.9 Å². The summed E-state index contributed by atoms with van der Waals surface area (Å²) in [5.74, 6) is 0.104. The maximum atomic E-state index is 10.7. The Kier molecular flexibility index (Phi) is 4.85. The third-order valence-electron chi connectivity index (χ3n) is 5.13. The smallest absolute Gasteiger partial charge is 0.320 e. The van der Waals surface area contributed by atoms with Gasteiger partial charge in [-0.05, 0) is 56.5 Å². The van der Waals surface area contributed by atoms with E-state index in [4.69, 9.17) is 10.8 Å². The second-order valence-electron chi connectivity index (χ2n) is 6.64. The molecule has 0 amide bonds. The maximum Gasteiger partial charge on any atom is 0.320 e. The largest absolute Gasteiger partial charge is 0.480 e. The standard InChI is InChI=1S/C15H28N2O2/c1-2-3-12-10-15(11-12)5-8-17(9-6-15)7-4-13(16)14(18)19/h12-13H,2-11,16H2,1H3,(H,18,19). The third kappa shape index (κ3) is 3.69. The van der Waals surface area contributed by atoms with Gasteiger partial charge in [0.15, 0.2) is 0 Å². The maximum absolute atomic E-state index is 10.7. The van der Waals surface area contributed by atoms with Crippen molar-refractivity contribution < 1.29 is 9.90 Å². The summed E-state index contributed by atoms with van der Waals surface area (Å²) in [7, 11) is 0. The van der Waals surface area contributed by atoms with Gasteiger partial charge in [-0.25, -0.2) is 0 Å². The van der Waals surface area contributed by atoms with E-state index >= 15 is 0 Å². The fourth-order valence-electron chi connectivity index (χ4n) is 3.88. The molecule has 1 spiro atoms. The first-order valence-corrected chi connectivity index (χ1v) is 7.75. The second kappa shape index (κ2) is 6.23. The molecule has 2 rings (SSSR count). The van der Waals surface area contributed by atoms with Crippen LogP contribution in [0.2, 0.25) is 0 Å². The first kappa shape index (κ1) is 14.8. The van der Waals surface area contributed by atoms with Gasteiger partial charge in [0.05, 0.1) is 0 Å². The van der Waals surface area contributed by atoms with Gasteiger partial charge in [0, 0.05) is 6.54 Å². The lowest BCUT2D eigenvalue weighted by Crippen LogP contribution is -2.48. The van der Waals surface area contributed by atoms with E-state index < -0.39 is 12.0 Å². The van der Waals surface area contributed by atoms with Gasteiger partial charge in [0.25, 0.3) is 0 Å². The summed E-state index contributed by atoms with van der Waals surface area (Å²) in [5.41, 5.74) is 6.19. The molecule has 110 valence electrons. The minimum atomic E-state index is -0.880. The van der Waals surface area contributed by atoms with Crippen molar-refractivity contribution in [2.75, 3.05) is 19.6 Å². The normalized spacial score (nSPS) is 25.2. The third-order valence-corrected chi connectivity index (χ3v) is 5.13. The van der Waals surface area contributed by atoms with Crippen molar-refractivity contribution in [3.8, 4) is 0 Å². The Hall–Kier alpha value is -0.610. The van der Waals surface area contributed by atoms with Crippen molar-refractivity contribution in [3.05, 3.63) is 0 Å². The van der Waals surface area contributed by atoms with Crippen LogP contribution in [0.3, 0.4) is 0 Å². The summed E-state index contributed by atoms with van der Waals surface area (Å²) in [6.07, 6.45) is 8.76. The van der Waals surface area contributed by atoms with Gasteiger partial charge in [-0.1, -0.05) is 19.8 Å². The number of nitrogens with two attached hydrogens (primary N) is 1. The van der Waals surface area contributed by atoms with Crippen LogP contribution in [0.4, 0.5) is 0 Å². The first-order chi connectivity index (χ1) is 9.04. The van der Waals surface area contributed by atoms with Crippen LogP contribution in [0.15, 0.2) is 0 Å². The molecule has 4 nitrogen and oxygen atoms in total. The number of piperidine rings is 1. The van der Waals surface area contributed by atoms with Crippen LogP contribution in [0.25, 0.3) is 0 Å². The molecule has 2 aliphatic rings. The molecule has 4 heteroatoms. The average molecular weight is 268 g/mol. The Labute approximate surface area is 116 Å². The fourth-order valence-corrected chi connectivity index (χ4v) is 3.88. The van der Waals surface area contributed by atoms with Crippen LogP contribution in [0.5, 0.6) is 0 Å². The Morgan fingerprint density at radius 3 is 2.58 bits per heavy atom. The molecule has 1 unspecified atom stereocenters. The molecule has 1 aliphatic heterocycles. The lowest BCUT2D eigenvalue weighted by atomic mass is 9.56. The lowest BCUT2D eigenvalue weighted by Gasteiger charge is -2.52. The van der Waals surface area contributed by atoms with Crippen LogP contribution >= 0.6 is 0 Å². The van der Waals surface area contributed by atoms with Crippen LogP contribution < -0.4 is 5.73 Å². The summed E-state index contributed by atoms with van der Waals surface area (Å²) in [6, 6.07) is -0.700. The Morgan fingerprint density at radius 1 is 1.42 bits per heavy atom. The highest BCUT2D eigenvalue weighted by molar-refractivity contribution is 5.72. The van der Waals surface area contributed by atoms with Gasteiger partial charge in [-0.3, -0.25) is 4.79 Å². The number of rotatable bonds is 6. The zero-order valence-corrected chi connectivity index (χ0v) is 12.1. The van der Waals surface area contributed by atoms with E-state index in [1.807, 2.05) is 0 Å². The summed E-state index contributed by atoms with van der Waals surface area (Å²) in [4.78, 5) is 13.1. The van der Waals surface area contributed by atoms with Crippen molar-refractivity contribution in [2.24, 2.45) is 17.1 Å². The minimum absolute atomic E-state index is 0.570. The average Bonchev–Trinajstić information content (AvgIpc) is 2.36. The highest BCUT2D eigenvalue weighted by Gasteiger charge is 2.44. The van der Waals surface area contributed by atoms with Crippen molar-refractivity contribution in [2.45, 2.75) is 57.9 Å². The van der Waals surface area contributed by atoms with E-state index in [1.165, 1.54) is 38.5 Å². The quantitative estimate of drug-likeness (QED) is 0.774. The van der Waals surface area contributed by atoms with Gasteiger partial charge >= 0.3 is 5.97 Å². The van der Waals surface area contributed by atoms with E-state index in [0.717, 1.165) is 25.6 Å². The first-order valence-electron chi connectivity index (χ1n) is 7.75. The molecule has 1 saturated carbocycles.